The molecular formula is C33H40BrN3O5. The van der Waals surface area contributed by atoms with Crippen molar-refractivity contribution >= 4 is 45.0 Å². The van der Waals surface area contributed by atoms with Crippen molar-refractivity contribution in [2.45, 2.75) is 76.5 Å². The quantitative estimate of drug-likeness (QED) is 0.395. The molecule has 2 aromatic carbocycles. The summed E-state index contributed by atoms with van der Waals surface area (Å²) in [5.74, 6) is -0.966. The van der Waals surface area contributed by atoms with Gasteiger partial charge in [0.1, 0.15) is 0 Å². The highest BCUT2D eigenvalue weighted by molar-refractivity contribution is 9.10. The molecule has 8 nitrogen and oxygen atoms in total. The van der Waals surface area contributed by atoms with E-state index in [9.17, 15) is 24.6 Å². The van der Waals surface area contributed by atoms with Crippen molar-refractivity contribution in [3.05, 3.63) is 70.2 Å². The molecule has 0 spiro atoms. The molecule has 2 aromatic rings. The van der Waals surface area contributed by atoms with Crippen molar-refractivity contribution in [1.82, 2.24) is 4.90 Å². The Labute approximate surface area is 256 Å². The van der Waals surface area contributed by atoms with Crippen molar-refractivity contribution in [2.24, 2.45) is 5.92 Å². The average molecular weight is 639 g/mol. The Balaban J connectivity index is 1.36. The van der Waals surface area contributed by atoms with Gasteiger partial charge in [0, 0.05) is 47.6 Å². The van der Waals surface area contributed by atoms with Crippen LogP contribution >= 0.6 is 15.9 Å². The first-order valence-electron chi connectivity index (χ1n) is 15.0. The van der Waals surface area contributed by atoms with Crippen molar-refractivity contribution in [2.75, 3.05) is 29.5 Å². The SMILES string of the molecule is C[C@H](/C=C/CC(=O)N1CCC[C@H]1CO)[C@@]1(O)C(=O)N(Cc2cccc(N3CCCCCCC3=O)c2)c2ccc(Br)cc21. The lowest BCUT2D eigenvalue weighted by atomic mass is 9.83. The molecule has 42 heavy (non-hydrogen) atoms. The molecule has 224 valence electrons. The van der Waals surface area contributed by atoms with Gasteiger partial charge >= 0.3 is 0 Å². The first-order chi connectivity index (χ1) is 20.2. The van der Waals surface area contributed by atoms with E-state index in [0.29, 0.717) is 30.8 Å². The molecule has 0 saturated carbocycles. The molecule has 0 radical (unpaired) electrons. The number of benzene rings is 2. The second-order valence-corrected chi connectivity index (χ2v) is 12.6. The highest BCUT2D eigenvalue weighted by atomic mass is 79.9. The van der Waals surface area contributed by atoms with E-state index in [0.717, 1.165) is 54.2 Å². The maximum Gasteiger partial charge on any atom is 0.264 e. The van der Waals surface area contributed by atoms with Crippen LogP contribution < -0.4 is 9.80 Å². The summed E-state index contributed by atoms with van der Waals surface area (Å²) in [7, 11) is 0. The Morgan fingerprint density at radius 1 is 1.10 bits per heavy atom. The molecule has 3 amide bonds. The zero-order valence-electron chi connectivity index (χ0n) is 24.2. The number of aliphatic hydroxyl groups excluding tert-OH is 1. The standard InChI is InChI=1S/C33H40BrN3O5/c1-23(9-6-14-31(40)36-18-8-12-27(36)22-38)33(42)28-20-25(34)15-16-29(28)37(32(33)41)21-24-10-7-11-26(19-24)35-17-5-3-2-4-13-30(35)39/h6-7,9-11,15-16,19-20,23,27,38,42H,2-5,8,12-14,17-18,21-22H2,1H3/b9-6+/t23-,27+,33+/m1/s1. The number of likely N-dealkylation sites (tertiary alicyclic amines) is 1. The van der Waals surface area contributed by atoms with Crippen LogP contribution in [0.15, 0.2) is 59.1 Å². The van der Waals surface area contributed by atoms with Gasteiger partial charge in [0.25, 0.3) is 5.91 Å². The van der Waals surface area contributed by atoms with E-state index in [4.69, 9.17) is 0 Å². The van der Waals surface area contributed by atoms with Crippen molar-refractivity contribution < 1.29 is 24.6 Å². The number of hydrogen-bond acceptors (Lipinski definition) is 5. The molecule has 0 unspecified atom stereocenters. The molecule has 0 bridgehead atoms. The highest BCUT2D eigenvalue weighted by Gasteiger charge is 2.52. The number of carbonyl (C=O) groups is 3. The number of rotatable bonds is 8. The number of anilines is 2. The van der Waals surface area contributed by atoms with Crippen LogP contribution in [0.25, 0.3) is 0 Å². The second-order valence-electron chi connectivity index (χ2n) is 11.7. The summed E-state index contributed by atoms with van der Waals surface area (Å²) in [6.45, 7) is 3.32. The lowest BCUT2D eigenvalue weighted by Gasteiger charge is -2.28. The molecule has 3 aliphatic rings. The van der Waals surface area contributed by atoms with Gasteiger partial charge in [-0.1, -0.05) is 60.0 Å². The lowest BCUT2D eigenvalue weighted by molar-refractivity contribution is -0.139. The smallest absolute Gasteiger partial charge is 0.264 e. The lowest BCUT2D eigenvalue weighted by Crippen LogP contribution is -2.44. The summed E-state index contributed by atoms with van der Waals surface area (Å²) in [6.07, 6.45) is 9.89. The minimum Gasteiger partial charge on any atom is -0.394 e. The predicted molar refractivity (Wildman–Crippen MR) is 166 cm³/mol. The molecule has 3 heterocycles. The van der Waals surface area contributed by atoms with Crippen LogP contribution in [0.1, 0.15) is 69.4 Å². The average Bonchev–Trinajstić information content (AvgIpc) is 3.53. The zero-order chi connectivity index (χ0) is 29.9. The predicted octanol–water partition coefficient (Wildman–Crippen LogP) is 5.05. The van der Waals surface area contributed by atoms with Gasteiger partial charge in [-0.05, 0) is 61.6 Å². The van der Waals surface area contributed by atoms with Crippen LogP contribution in [0.3, 0.4) is 0 Å². The van der Waals surface area contributed by atoms with Crippen LogP contribution in [0.2, 0.25) is 0 Å². The first kappa shape index (κ1) is 30.4. The van der Waals surface area contributed by atoms with E-state index >= 15 is 0 Å². The topological polar surface area (TPSA) is 101 Å². The molecule has 3 atom stereocenters. The fourth-order valence-electron chi connectivity index (χ4n) is 6.50. The fourth-order valence-corrected chi connectivity index (χ4v) is 6.86. The van der Waals surface area contributed by atoms with E-state index in [1.807, 2.05) is 41.3 Å². The van der Waals surface area contributed by atoms with E-state index in [1.54, 1.807) is 34.9 Å². The van der Waals surface area contributed by atoms with E-state index in [-0.39, 0.29) is 37.4 Å². The van der Waals surface area contributed by atoms with Crippen LogP contribution in [0.5, 0.6) is 0 Å². The third-order valence-corrected chi connectivity index (χ3v) is 9.40. The zero-order valence-corrected chi connectivity index (χ0v) is 25.8. The van der Waals surface area contributed by atoms with Gasteiger partial charge < -0.3 is 24.9 Å². The minimum absolute atomic E-state index is 0.0428. The van der Waals surface area contributed by atoms with Crippen LogP contribution in [-0.2, 0) is 26.5 Å². The molecule has 5 rings (SSSR count). The highest BCUT2D eigenvalue weighted by Crippen LogP contribution is 2.47. The maximum atomic E-state index is 14.0. The number of aliphatic hydroxyl groups is 2. The Morgan fingerprint density at radius 3 is 2.71 bits per heavy atom. The number of carbonyl (C=O) groups excluding carboxylic acids is 3. The summed E-state index contributed by atoms with van der Waals surface area (Å²) >= 11 is 3.50. The van der Waals surface area contributed by atoms with Crippen LogP contribution in [0, 0.1) is 5.92 Å². The number of fused-ring (bicyclic) bond motifs is 1. The molecule has 9 heteroatoms. The molecule has 0 aromatic heterocycles. The number of halogens is 1. The van der Waals surface area contributed by atoms with Crippen molar-refractivity contribution in [3.8, 4) is 0 Å². The molecule has 2 N–H and O–H groups in total. The number of nitrogens with zero attached hydrogens (tertiary/aromatic N) is 3. The molecule has 2 saturated heterocycles. The molecular weight excluding hydrogens is 598 g/mol. The minimum atomic E-state index is -1.81. The normalized spacial score (nSPS) is 23.8. The second kappa shape index (κ2) is 13.1. The van der Waals surface area contributed by atoms with Crippen molar-refractivity contribution in [1.29, 1.82) is 0 Å². The van der Waals surface area contributed by atoms with E-state index in [2.05, 4.69) is 15.9 Å². The van der Waals surface area contributed by atoms with Crippen LogP contribution in [0.4, 0.5) is 11.4 Å². The molecule has 2 fully saturated rings. The largest absolute Gasteiger partial charge is 0.394 e. The fraction of sp³-hybridized carbons (Fsp3) is 0.485. The number of hydrogen-bond donors (Lipinski definition) is 2. The maximum absolute atomic E-state index is 14.0. The van der Waals surface area contributed by atoms with Gasteiger partial charge in [-0.3, -0.25) is 14.4 Å². The van der Waals surface area contributed by atoms with Crippen LogP contribution in [-0.4, -0.2) is 58.6 Å². The van der Waals surface area contributed by atoms with E-state index in [1.165, 1.54) is 0 Å². The Kier molecular flexibility index (Phi) is 9.50. The third kappa shape index (κ3) is 6.05. The summed E-state index contributed by atoms with van der Waals surface area (Å²) in [6, 6.07) is 13.1. The first-order valence-corrected chi connectivity index (χ1v) is 15.8. The molecule has 3 aliphatic heterocycles. The van der Waals surface area contributed by atoms with Crippen molar-refractivity contribution in [3.63, 3.8) is 0 Å². The summed E-state index contributed by atoms with van der Waals surface area (Å²) in [4.78, 5) is 44.8. The Morgan fingerprint density at radius 2 is 1.90 bits per heavy atom. The van der Waals surface area contributed by atoms with Gasteiger partial charge in [0.2, 0.25) is 11.8 Å². The summed E-state index contributed by atoms with van der Waals surface area (Å²) < 4.78 is 0.752. The third-order valence-electron chi connectivity index (χ3n) is 8.90. The van der Waals surface area contributed by atoms with Gasteiger partial charge in [0.15, 0.2) is 5.60 Å². The molecule has 0 aliphatic carbocycles. The van der Waals surface area contributed by atoms with Gasteiger partial charge in [-0.2, -0.15) is 0 Å². The van der Waals surface area contributed by atoms with Gasteiger partial charge in [-0.25, -0.2) is 0 Å². The Hall–Kier alpha value is -3.01. The van der Waals surface area contributed by atoms with Gasteiger partial charge in [-0.15, -0.1) is 0 Å². The van der Waals surface area contributed by atoms with E-state index < -0.39 is 17.4 Å². The Bertz CT molecular complexity index is 1360. The monoisotopic (exact) mass is 637 g/mol. The number of amides is 3. The summed E-state index contributed by atoms with van der Waals surface area (Å²) in [5.41, 5.74) is 1.04. The van der Waals surface area contributed by atoms with Gasteiger partial charge in [0.05, 0.1) is 24.9 Å². The summed E-state index contributed by atoms with van der Waals surface area (Å²) in [5, 5.41) is 21.6.